The third kappa shape index (κ3) is 1.74. The molecule has 0 spiro atoms. The molecule has 2 aliphatic heterocycles. The fourth-order valence-corrected chi connectivity index (χ4v) is 1.80. The van der Waals surface area contributed by atoms with Gasteiger partial charge in [-0.2, -0.15) is 28.3 Å². The number of carbonyl (C=O) groups is 1. The highest BCUT2D eigenvalue weighted by atomic mass is 32.2. The Morgan fingerprint density at radius 1 is 1.47 bits per heavy atom. The minimum atomic E-state index is -4.58. The number of amides is 1. The molecule has 2 rings (SSSR count). The predicted molar refractivity (Wildman–Crippen MR) is 47.7 cm³/mol. The van der Waals surface area contributed by atoms with Crippen LogP contribution in [0.5, 0.6) is 0 Å². The van der Waals surface area contributed by atoms with Gasteiger partial charge in [0.05, 0.1) is 6.42 Å². The summed E-state index contributed by atoms with van der Waals surface area (Å²) in [6.45, 7) is 0. The molecule has 5 nitrogen and oxygen atoms in total. The van der Waals surface area contributed by atoms with Gasteiger partial charge in [0.25, 0.3) is 5.91 Å². The van der Waals surface area contributed by atoms with Crippen LogP contribution in [0.1, 0.15) is 6.42 Å². The quantitative estimate of drug-likeness (QED) is 0.686. The number of rotatable bonds is 0. The van der Waals surface area contributed by atoms with Crippen LogP contribution in [-0.4, -0.2) is 33.1 Å². The van der Waals surface area contributed by atoms with E-state index in [1.54, 1.807) is 0 Å². The van der Waals surface area contributed by atoms with Crippen LogP contribution in [0.3, 0.4) is 0 Å². The van der Waals surface area contributed by atoms with E-state index < -0.39 is 17.1 Å². The summed E-state index contributed by atoms with van der Waals surface area (Å²) in [5.41, 5.74) is 0. The molecule has 0 bridgehead atoms. The number of thioether (sulfide) groups is 1. The number of carbonyl (C=O) groups excluding carboxylic acids is 1. The zero-order valence-electron chi connectivity index (χ0n) is 7.00. The van der Waals surface area contributed by atoms with Crippen LogP contribution in [0.15, 0.2) is 10.1 Å². The van der Waals surface area contributed by atoms with Crippen LogP contribution in [0.4, 0.5) is 13.2 Å². The van der Waals surface area contributed by atoms with E-state index in [1.807, 2.05) is 0 Å². The fourth-order valence-electron chi connectivity index (χ4n) is 1.01. The number of amidine groups is 2. The molecule has 0 aromatic rings. The first-order valence-electron chi connectivity index (χ1n) is 3.70. The zero-order chi connectivity index (χ0) is 11.2. The largest absolute Gasteiger partial charge is 0.441 e. The van der Waals surface area contributed by atoms with Crippen molar-refractivity contribution in [1.82, 2.24) is 5.01 Å². The monoisotopic (exact) mass is 236 g/mol. The molecule has 0 aliphatic carbocycles. The predicted octanol–water partition coefficient (Wildman–Crippen LogP) is 1.17. The van der Waals surface area contributed by atoms with Crippen molar-refractivity contribution in [3.63, 3.8) is 0 Å². The van der Waals surface area contributed by atoms with Gasteiger partial charge >= 0.3 is 6.18 Å². The van der Waals surface area contributed by atoms with Gasteiger partial charge in [-0.15, -0.1) is 0 Å². The van der Waals surface area contributed by atoms with Crippen molar-refractivity contribution in [3.05, 3.63) is 0 Å². The lowest BCUT2D eigenvalue weighted by molar-refractivity contribution is -0.117. The van der Waals surface area contributed by atoms with Crippen LogP contribution in [0, 0.1) is 5.41 Å². The summed E-state index contributed by atoms with van der Waals surface area (Å²) in [5, 5.41) is 9.87. The van der Waals surface area contributed by atoms with Crippen molar-refractivity contribution in [1.29, 1.82) is 5.41 Å². The van der Waals surface area contributed by atoms with Gasteiger partial charge < -0.3 is 0 Å². The average molecular weight is 236 g/mol. The van der Waals surface area contributed by atoms with Gasteiger partial charge in [-0.05, 0) is 11.8 Å². The molecule has 1 N–H and O–H groups in total. The van der Waals surface area contributed by atoms with Crippen LogP contribution in [0.25, 0.3) is 0 Å². The van der Waals surface area contributed by atoms with E-state index in [1.165, 1.54) is 0 Å². The standard InChI is InChI=1S/C6H3F3N4OS/c7-6(8,9)4-12-13-2(10)1-3(14)11-5(13)15-4/h10H,1H2. The molecule has 80 valence electrons. The van der Waals surface area contributed by atoms with E-state index in [0.29, 0.717) is 0 Å². The third-order valence-electron chi connectivity index (χ3n) is 1.60. The molecular weight excluding hydrogens is 233 g/mol. The maximum atomic E-state index is 12.2. The molecule has 0 saturated carbocycles. The lowest BCUT2D eigenvalue weighted by Crippen LogP contribution is -2.33. The minimum absolute atomic E-state index is 0.205. The molecule has 0 atom stereocenters. The molecule has 0 unspecified atom stereocenters. The topological polar surface area (TPSA) is 68.9 Å². The average Bonchev–Trinajstić information content (AvgIpc) is 2.46. The molecule has 2 aliphatic rings. The molecule has 0 aromatic carbocycles. The first kappa shape index (κ1) is 10.1. The van der Waals surface area contributed by atoms with Crippen molar-refractivity contribution >= 4 is 33.7 Å². The zero-order valence-corrected chi connectivity index (χ0v) is 7.82. The van der Waals surface area contributed by atoms with E-state index in [-0.39, 0.29) is 29.2 Å². The molecule has 0 radical (unpaired) electrons. The lowest BCUT2D eigenvalue weighted by Gasteiger charge is -2.17. The Hall–Kier alpha value is -1.38. The summed E-state index contributed by atoms with van der Waals surface area (Å²) >= 11 is 0.248. The van der Waals surface area contributed by atoms with Gasteiger partial charge in [0, 0.05) is 0 Å². The number of hydrazone groups is 1. The number of aliphatic imine (C=N–C) groups is 1. The highest BCUT2D eigenvalue weighted by molar-refractivity contribution is 8.27. The van der Waals surface area contributed by atoms with E-state index in [2.05, 4.69) is 10.1 Å². The normalized spacial score (nSPS) is 21.4. The molecule has 0 saturated heterocycles. The summed E-state index contributed by atoms with van der Waals surface area (Å²) in [4.78, 5) is 14.2. The second-order valence-electron chi connectivity index (χ2n) is 2.73. The molecule has 0 fully saturated rings. The number of nitrogens with zero attached hydrogens (tertiary/aromatic N) is 3. The van der Waals surface area contributed by atoms with E-state index in [9.17, 15) is 18.0 Å². The smallest absolute Gasteiger partial charge is 0.286 e. The van der Waals surface area contributed by atoms with Gasteiger partial charge in [-0.3, -0.25) is 10.2 Å². The maximum absolute atomic E-state index is 12.2. The number of halogens is 3. The van der Waals surface area contributed by atoms with Crippen molar-refractivity contribution in [3.8, 4) is 0 Å². The third-order valence-corrected chi connectivity index (χ3v) is 2.55. The Kier molecular flexibility index (Phi) is 2.07. The van der Waals surface area contributed by atoms with E-state index >= 15 is 0 Å². The van der Waals surface area contributed by atoms with Gasteiger partial charge in [0.15, 0.2) is 5.17 Å². The first-order chi connectivity index (χ1) is 6.88. The summed E-state index contributed by atoms with van der Waals surface area (Å²) in [5.74, 6) is -0.922. The van der Waals surface area contributed by atoms with Crippen LogP contribution < -0.4 is 0 Å². The first-order valence-corrected chi connectivity index (χ1v) is 4.52. The molecule has 9 heteroatoms. The van der Waals surface area contributed by atoms with E-state index in [0.717, 1.165) is 5.01 Å². The molecule has 1 amide bonds. The highest BCUT2D eigenvalue weighted by Gasteiger charge is 2.45. The molecule has 15 heavy (non-hydrogen) atoms. The summed E-state index contributed by atoms with van der Waals surface area (Å²) < 4.78 is 36.7. The Balaban J connectivity index is 2.34. The summed E-state index contributed by atoms with van der Waals surface area (Å²) in [7, 11) is 0. The minimum Gasteiger partial charge on any atom is -0.286 e. The van der Waals surface area contributed by atoms with Crippen LogP contribution in [-0.2, 0) is 4.79 Å². The van der Waals surface area contributed by atoms with Crippen molar-refractivity contribution in [2.24, 2.45) is 10.1 Å². The van der Waals surface area contributed by atoms with Gasteiger partial charge in [-0.1, -0.05) is 0 Å². The Morgan fingerprint density at radius 2 is 2.13 bits per heavy atom. The molecule has 2 heterocycles. The molecule has 0 aromatic heterocycles. The summed E-state index contributed by atoms with van der Waals surface area (Å²) in [6.07, 6.45) is -4.90. The SMILES string of the molecule is N=C1CC(=O)N=C2SC(C(F)(F)F)=NN12. The van der Waals surface area contributed by atoms with Gasteiger partial charge in [0.1, 0.15) is 5.84 Å². The number of fused-ring (bicyclic) bond motifs is 1. The highest BCUT2D eigenvalue weighted by Crippen LogP contribution is 2.33. The van der Waals surface area contributed by atoms with Crippen molar-refractivity contribution in [2.75, 3.05) is 0 Å². The Labute approximate surface area is 85.5 Å². The number of hydrogen-bond donors (Lipinski definition) is 1. The number of alkyl halides is 3. The Morgan fingerprint density at radius 3 is 2.73 bits per heavy atom. The Bertz CT molecular complexity index is 413. The molecular formula is C6H3F3N4OS. The lowest BCUT2D eigenvalue weighted by atomic mass is 10.3. The fraction of sp³-hybridized carbons (Fsp3) is 0.333. The van der Waals surface area contributed by atoms with E-state index in [4.69, 9.17) is 5.41 Å². The van der Waals surface area contributed by atoms with Gasteiger partial charge in [0.2, 0.25) is 5.04 Å². The van der Waals surface area contributed by atoms with Crippen LogP contribution >= 0.6 is 11.8 Å². The van der Waals surface area contributed by atoms with Crippen molar-refractivity contribution < 1.29 is 18.0 Å². The van der Waals surface area contributed by atoms with Crippen LogP contribution in [0.2, 0.25) is 0 Å². The number of nitrogens with one attached hydrogen (secondary N) is 1. The second-order valence-corrected chi connectivity index (χ2v) is 3.68. The van der Waals surface area contributed by atoms with Gasteiger partial charge in [-0.25, -0.2) is 0 Å². The van der Waals surface area contributed by atoms with Crippen molar-refractivity contribution in [2.45, 2.75) is 12.6 Å². The summed E-state index contributed by atoms with van der Waals surface area (Å²) in [6, 6.07) is 0. The second kappa shape index (κ2) is 3.05. The number of hydrogen-bond acceptors (Lipinski definition) is 4. The maximum Gasteiger partial charge on any atom is 0.441 e.